The van der Waals surface area contributed by atoms with Crippen LogP contribution in [0.4, 0.5) is 17.6 Å². The fourth-order valence-corrected chi connectivity index (χ4v) is 1.42. The van der Waals surface area contributed by atoms with E-state index in [-0.39, 0.29) is 6.08 Å². The Morgan fingerprint density at radius 1 is 1.53 bits per heavy atom. The predicted octanol–water partition coefficient (Wildman–Crippen LogP) is 2.82. The van der Waals surface area contributed by atoms with Crippen LogP contribution in [0.25, 0.3) is 0 Å². The number of allylic oxidation sites excluding steroid dienone is 3. The monoisotopic (exact) mass is 224 g/mol. The van der Waals surface area contributed by atoms with E-state index < -0.39 is 41.5 Å². The zero-order valence-corrected chi connectivity index (χ0v) is 7.73. The Hall–Kier alpha value is -1.33. The number of carboxylic acid groups (broad SMARTS) is 1. The van der Waals surface area contributed by atoms with Gasteiger partial charge in [0.2, 0.25) is 0 Å². The van der Waals surface area contributed by atoms with Gasteiger partial charge in [0.25, 0.3) is 0 Å². The van der Waals surface area contributed by atoms with E-state index in [2.05, 4.69) is 0 Å². The summed E-state index contributed by atoms with van der Waals surface area (Å²) in [5, 5.41) is 8.56. The molecule has 0 aromatic rings. The van der Waals surface area contributed by atoms with Crippen molar-refractivity contribution in [1.82, 2.24) is 0 Å². The van der Waals surface area contributed by atoms with E-state index in [1.807, 2.05) is 0 Å². The average Bonchev–Trinajstić information content (AvgIpc) is 2.20. The van der Waals surface area contributed by atoms with Gasteiger partial charge in [-0.1, -0.05) is 6.92 Å². The molecule has 2 nitrogen and oxygen atoms in total. The zero-order valence-electron chi connectivity index (χ0n) is 7.73. The topological polar surface area (TPSA) is 37.3 Å². The first-order valence-corrected chi connectivity index (χ1v) is 4.19. The maximum atomic E-state index is 13.8. The Morgan fingerprint density at radius 3 is 2.47 bits per heavy atom. The molecule has 15 heavy (non-hydrogen) atoms. The van der Waals surface area contributed by atoms with Crippen molar-refractivity contribution in [2.75, 3.05) is 0 Å². The molecule has 1 aliphatic carbocycles. The number of alkyl halides is 1. The van der Waals surface area contributed by atoms with Gasteiger partial charge >= 0.3 is 5.97 Å². The summed E-state index contributed by atoms with van der Waals surface area (Å²) in [6.07, 6.45) is -0.350. The zero-order chi connectivity index (χ0) is 11.8. The Kier molecular flexibility index (Phi) is 2.88. The summed E-state index contributed by atoms with van der Waals surface area (Å²) in [6, 6.07) is 0. The SMILES string of the molecule is CCC1(F)C(F)=C(F)C(F)=CC1C(=O)O. The second kappa shape index (κ2) is 3.67. The lowest BCUT2D eigenvalue weighted by Gasteiger charge is -2.29. The molecule has 0 aromatic carbocycles. The van der Waals surface area contributed by atoms with E-state index in [0.29, 0.717) is 0 Å². The van der Waals surface area contributed by atoms with Crippen LogP contribution in [0.5, 0.6) is 0 Å². The highest BCUT2D eigenvalue weighted by atomic mass is 19.2. The van der Waals surface area contributed by atoms with Crippen LogP contribution in [0.15, 0.2) is 23.6 Å². The number of carbonyl (C=O) groups is 1. The molecule has 0 fully saturated rings. The fraction of sp³-hybridized carbons (Fsp3) is 0.444. The minimum atomic E-state index is -3.01. The van der Waals surface area contributed by atoms with Gasteiger partial charge in [0.15, 0.2) is 23.1 Å². The molecule has 0 bridgehead atoms. The first-order chi connectivity index (χ1) is 6.84. The summed E-state index contributed by atoms with van der Waals surface area (Å²) in [6.45, 7) is 1.15. The van der Waals surface area contributed by atoms with Gasteiger partial charge in [0, 0.05) is 0 Å². The lowest BCUT2D eigenvalue weighted by atomic mass is 9.82. The minimum absolute atomic E-state index is 0.240. The highest BCUT2D eigenvalue weighted by molar-refractivity contribution is 5.75. The normalized spacial score (nSPS) is 31.5. The van der Waals surface area contributed by atoms with Crippen LogP contribution in [0.3, 0.4) is 0 Å². The molecule has 0 aromatic heterocycles. The molecule has 2 unspecified atom stereocenters. The summed E-state index contributed by atoms with van der Waals surface area (Å²) >= 11 is 0. The largest absolute Gasteiger partial charge is 0.481 e. The molecule has 6 heteroatoms. The van der Waals surface area contributed by atoms with Crippen molar-refractivity contribution in [1.29, 1.82) is 0 Å². The molecule has 0 spiro atoms. The number of halogens is 4. The van der Waals surface area contributed by atoms with Crippen LogP contribution in [-0.4, -0.2) is 16.7 Å². The third-order valence-electron chi connectivity index (χ3n) is 2.35. The van der Waals surface area contributed by atoms with E-state index in [0.717, 1.165) is 6.92 Å². The molecule has 0 heterocycles. The minimum Gasteiger partial charge on any atom is -0.481 e. The first kappa shape index (κ1) is 11.7. The van der Waals surface area contributed by atoms with Crippen molar-refractivity contribution in [3.63, 3.8) is 0 Å². The molecule has 1 aliphatic rings. The quantitative estimate of drug-likeness (QED) is 0.732. The Labute approximate surface area is 82.9 Å². The number of rotatable bonds is 2. The van der Waals surface area contributed by atoms with Crippen LogP contribution < -0.4 is 0 Å². The van der Waals surface area contributed by atoms with Crippen molar-refractivity contribution in [2.45, 2.75) is 19.0 Å². The molecule has 0 saturated carbocycles. The maximum absolute atomic E-state index is 13.8. The summed E-state index contributed by atoms with van der Waals surface area (Å²) in [4.78, 5) is 10.6. The summed E-state index contributed by atoms with van der Waals surface area (Å²) < 4.78 is 52.2. The average molecular weight is 224 g/mol. The standard InChI is InChI=1S/C9H8F4O2/c1-2-9(13)4(8(14)15)3-5(10)6(11)7(9)12/h3-4H,2H2,1H3,(H,14,15). The smallest absolute Gasteiger partial charge is 0.314 e. The molecule has 0 radical (unpaired) electrons. The van der Waals surface area contributed by atoms with Gasteiger partial charge in [-0.05, 0) is 12.5 Å². The van der Waals surface area contributed by atoms with Gasteiger partial charge in [-0.2, -0.15) is 0 Å². The molecule has 0 saturated heterocycles. The third-order valence-corrected chi connectivity index (χ3v) is 2.35. The Bertz CT molecular complexity index is 361. The fourth-order valence-electron chi connectivity index (χ4n) is 1.42. The van der Waals surface area contributed by atoms with Crippen molar-refractivity contribution in [3.8, 4) is 0 Å². The van der Waals surface area contributed by atoms with Gasteiger partial charge < -0.3 is 5.11 Å². The molecule has 0 amide bonds. The van der Waals surface area contributed by atoms with Crippen LogP contribution in [0, 0.1) is 5.92 Å². The first-order valence-electron chi connectivity index (χ1n) is 4.19. The van der Waals surface area contributed by atoms with Crippen molar-refractivity contribution >= 4 is 5.97 Å². The Balaban J connectivity index is 3.30. The lowest BCUT2D eigenvalue weighted by molar-refractivity contribution is -0.144. The second-order valence-electron chi connectivity index (χ2n) is 3.17. The van der Waals surface area contributed by atoms with E-state index >= 15 is 0 Å². The molecule has 1 N–H and O–H groups in total. The van der Waals surface area contributed by atoms with Crippen molar-refractivity contribution in [3.05, 3.63) is 23.6 Å². The predicted molar refractivity (Wildman–Crippen MR) is 43.7 cm³/mol. The number of aliphatic carboxylic acids is 1. The number of carboxylic acids is 1. The van der Waals surface area contributed by atoms with E-state index in [4.69, 9.17) is 5.11 Å². The lowest BCUT2D eigenvalue weighted by Crippen LogP contribution is -2.40. The van der Waals surface area contributed by atoms with E-state index in [9.17, 15) is 22.4 Å². The summed E-state index contributed by atoms with van der Waals surface area (Å²) in [5.41, 5.74) is -3.01. The van der Waals surface area contributed by atoms with Gasteiger partial charge in [-0.15, -0.1) is 0 Å². The van der Waals surface area contributed by atoms with E-state index in [1.165, 1.54) is 0 Å². The van der Waals surface area contributed by atoms with Gasteiger partial charge in [0.05, 0.1) is 0 Å². The molecular weight excluding hydrogens is 216 g/mol. The highest BCUT2D eigenvalue weighted by Gasteiger charge is 2.50. The van der Waals surface area contributed by atoms with Gasteiger partial charge in [0.1, 0.15) is 5.92 Å². The van der Waals surface area contributed by atoms with Gasteiger partial charge in [-0.25, -0.2) is 17.6 Å². The number of hydrogen-bond donors (Lipinski definition) is 1. The molecule has 84 valence electrons. The third kappa shape index (κ3) is 1.64. The number of hydrogen-bond acceptors (Lipinski definition) is 1. The molecule has 1 rings (SSSR count). The molecular formula is C9H8F4O2. The maximum Gasteiger partial charge on any atom is 0.314 e. The van der Waals surface area contributed by atoms with Crippen LogP contribution in [0.2, 0.25) is 0 Å². The molecule has 2 atom stereocenters. The summed E-state index contributed by atoms with van der Waals surface area (Å²) in [7, 11) is 0. The van der Waals surface area contributed by atoms with Crippen molar-refractivity contribution < 1.29 is 27.5 Å². The Morgan fingerprint density at radius 2 is 2.07 bits per heavy atom. The van der Waals surface area contributed by atoms with Gasteiger partial charge in [-0.3, -0.25) is 4.79 Å². The van der Waals surface area contributed by atoms with Crippen LogP contribution >= 0.6 is 0 Å². The van der Waals surface area contributed by atoms with Crippen LogP contribution in [-0.2, 0) is 4.79 Å². The van der Waals surface area contributed by atoms with Crippen LogP contribution in [0.1, 0.15) is 13.3 Å². The molecule has 0 aliphatic heterocycles. The highest BCUT2D eigenvalue weighted by Crippen LogP contribution is 2.44. The van der Waals surface area contributed by atoms with Crippen molar-refractivity contribution in [2.24, 2.45) is 5.92 Å². The summed E-state index contributed by atoms with van der Waals surface area (Å²) in [5.74, 6) is -9.41. The second-order valence-corrected chi connectivity index (χ2v) is 3.17. The van der Waals surface area contributed by atoms with E-state index in [1.54, 1.807) is 0 Å².